The number of cyclic esters (lactones) is 1. The predicted octanol–water partition coefficient (Wildman–Crippen LogP) is 1.58. The molecule has 6 nitrogen and oxygen atoms in total. The van der Waals surface area contributed by atoms with Crippen LogP contribution >= 0.6 is 0 Å². The number of hydrogen-bond acceptors (Lipinski definition) is 4. The fourth-order valence-corrected chi connectivity index (χ4v) is 1.90. The van der Waals surface area contributed by atoms with E-state index >= 15 is 0 Å². The molecule has 1 fully saturated rings. The van der Waals surface area contributed by atoms with Gasteiger partial charge in [-0.1, -0.05) is 0 Å². The number of anilines is 2. The molecular formula is C13H16FN3O3. The third-order valence-corrected chi connectivity index (χ3v) is 2.96. The van der Waals surface area contributed by atoms with Gasteiger partial charge in [-0.3, -0.25) is 4.79 Å². The van der Waals surface area contributed by atoms with E-state index in [1.807, 2.05) is 0 Å². The molecule has 0 radical (unpaired) electrons. The molecule has 0 saturated carbocycles. The fourth-order valence-electron chi connectivity index (χ4n) is 1.90. The fraction of sp³-hybridized carbons (Fsp3) is 0.385. The summed E-state index contributed by atoms with van der Waals surface area (Å²) >= 11 is 0. The SMILES string of the molecule is Nc1cc(NC(=O)CCCN2CCOC2=O)ccc1F. The first-order valence-corrected chi connectivity index (χ1v) is 6.33. The highest BCUT2D eigenvalue weighted by Crippen LogP contribution is 2.16. The van der Waals surface area contributed by atoms with Crippen LogP contribution in [0.3, 0.4) is 0 Å². The lowest BCUT2D eigenvalue weighted by Gasteiger charge is -2.12. The maximum Gasteiger partial charge on any atom is 0.409 e. The lowest BCUT2D eigenvalue weighted by Crippen LogP contribution is -2.26. The van der Waals surface area contributed by atoms with Crippen molar-refractivity contribution in [2.45, 2.75) is 12.8 Å². The number of carbonyl (C=O) groups excluding carboxylic acids is 2. The van der Waals surface area contributed by atoms with E-state index in [4.69, 9.17) is 10.5 Å². The van der Waals surface area contributed by atoms with Gasteiger partial charge in [-0.25, -0.2) is 9.18 Å². The van der Waals surface area contributed by atoms with Crippen LogP contribution in [0.1, 0.15) is 12.8 Å². The molecule has 0 aliphatic carbocycles. The van der Waals surface area contributed by atoms with Crippen molar-refractivity contribution in [1.29, 1.82) is 0 Å². The Hall–Kier alpha value is -2.31. The molecule has 1 saturated heterocycles. The summed E-state index contributed by atoms with van der Waals surface area (Å²) in [6.07, 6.45) is 0.468. The van der Waals surface area contributed by atoms with Crippen molar-refractivity contribution in [3.05, 3.63) is 24.0 Å². The van der Waals surface area contributed by atoms with Crippen LogP contribution in [-0.2, 0) is 9.53 Å². The van der Waals surface area contributed by atoms with Crippen LogP contribution in [0.15, 0.2) is 18.2 Å². The van der Waals surface area contributed by atoms with Gasteiger partial charge < -0.3 is 20.7 Å². The van der Waals surface area contributed by atoms with E-state index in [1.54, 1.807) is 4.90 Å². The number of nitrogens with zero attached hydrogens (tertiary/aromatic N) is 1. The van der Waals surface area contributed by atoms with Crippen LogP contribution in [-0.4, -0.2) is 36.6 Å². The Morgan fingerprint density at radius 2 is 2.30 bits per heavy atom. The van der Waals surface area contributed by atoms with Gasteiger partial charge in [0.2, 0.25) is 5.91 Å². The Morgan fingerprint density at radius 3 is 2.95 bits per heavy atom. The van der Waals surface area contributed by atoms with E-state index in [0.29, 0.717) is 31.8 Å². The molecule has 1 aliphatic heterocycles. The molecule has 0 aromatic heterocycles. The van der Waals surface area contributed by atoms with E-state index in [1.165, 1.54) is 18.2 Å². The predicted molar refractivity (Wildman–Crippen MR) is 71.6 cm³/mol. The minimum absolute atomic E-state index is 0.0115. The summed E-state index contributed by atoms with van der Waals surface area (Å²) in [4.78, 5) is 24.4. The van der Waals surface area contributed by atoms with Gasteiger partial charge in [0, 0.05) is 18.7 Å². The smallest absolute Gasteiger partial charge is 0.409 e. The molecule has 7 heteroatoms. The Bertz CT molecular complexity index is 522. The zero-order chi connectivity index (χ0) is 14.5. The van der Waals surface area contributed by atoms with Gasteiger partial charge in [-0.2, -0.15) is 0 Å². The number of ether oxygens (including phenoxy) is 1. The van der Waals surface area contributed by atoms with Crippen LogP contribution in [0.5, 0.6) is 0 Å². The normalized spacial score (nSPS) is 14.2. The number of hydrogen-bond donors (Lipinski definition) is 2. The maximum atomic E-state index is 13.0. The lowest BCUT2D eigenvalue weighted by atomic mass is 10.2. The maximum absolute atomic E-state index is 13.0. The molecule has 3 N–H and O–H groups in total. The molecule has 2 rings (SSSR count). The molecule has 1 aliphatic rings. The standard InChI is InChI=1S/C13H16FN3O3/c14-10-4-3-9(8-11(10)15)16-12(18)2-1-5-17-6-7-20-13(17)19/h3-4,8H,1-2,5-7,15H2,(H,16,18). The molecular weight excluding hydrogens is 265 g/mol. The average Bonchev–Trinajstić information content (AvgIpc) is 2.80. The number of carbonyl (C=O) groups is 2. The second-order valence-corrected chi connectivity index (χ2v) is 4.49. The van der Waals surface area contributed by atoms with Crippen molar-refractivity contribution >= 4 is 23.4 Å². The van der Waals surface area contributed by atoms with Crippen molar-refractivity contribution in [2.24, 2.45) is 0 Å². The first kappa shape index (κ1) is 14.1. The second-order valence-electron chi connectivity index (χ2n) is 4.49. The molecule has 0 spiro atoms. The van der Waals surface area contributed by atoms with Gasteiger partial charge >= 0.3 is 6.09 Å². The number of nitrogens with one attached hydrogen (secondary N) is 1. The van der Waals surface area contributed by atoms with Crippen molar-refractivity contribution in [3.63, 3.8) is 0 Å². The Kier molecular flexibility index (Phi) is 4.39. The van der Waals surface area contributed by atoms with E-state index < -0.39 is 5.82 Å². The lowest BCUT2D eigenvalue weighted by molar-refractivity contribution is -0.116. The summed E-state index contributed by atoms with van der Waals surface area (Å²) in [5, 5.41) is 2.63. The van der Waals surface area contributed by atoms with E-state index in [-0.39, 0.29) is 24.1 Å². The van der Waals surface area contributed by atoms with Gasteiger partial charge in [0.15, 0.2) is 0 Å². The van der Waals surface area contributed by atoms with Gasteiger partial charge in [-0.05, 0) is 24.6 Å². The van der Waals surface area contributed by atoms with Gasteiger partial charge in [0.05, 0.1) is 12.2 Å². The minimum atomic E-state index is -0.518. The zero-order valence-electron chi connectivity index (χ0n) is 10.9. The van der Waals surface area contributed by atoms with Crippen molar-refractivity contribution in [2.75, 3.05) is 30.7 Å². The van der Waals surface area contributed by atoms with Crippen LogP contribution in [0.2, 0.25) is 0 Å². The second kappa shape index (κ2) is 6.23. The molecule has 1 heterocycles. The molecule has 1 aromatic rings. The first-order valence-electron chi connectivity index (χ1n) is 6.33. The van der Waals surface area contributed by atoms with Gasteiger partial charge in [-0.15, -0.1) is 0 Å². The zero-order valence-corrected chi connectivity index (χ0v) is 10.9. The number of halogens is 1. The largest absolute Gasteiger partial charge is 0.448 e. The van der Waals surface area contributed by atoms with Crippen LogP contribution < -0.4 is 11.1 Å². The minimum Gasteiger partial charge on any atom is -0.448 e. The first-order chi connectivity index (χ1) is 9.56. The quantitative estimate of drug-likeness (QED) is 0.802. The van der Waals surface area contributed by atoms with Crippen molar-refractivity contribution < 1.29 is 18.7 Å². The van der Waals surface area contributed by atoms with Crippen LogP contribution in [0.4, 0.5) is 20.6 Å². The molecule has 0 atom stereocenters. The Balaban J connectivity index is 1.75. The summed E-state index contributed by atoms with van der Waals surface area (Å²) < 4.78 is 17.7. The van der Waals surface area contributed by atoms with E-state index in [9.17, 15) is 14.0 Å². The molecule has 20 heavy (non-hydrogen) atoms. The molecule has 1 aromatic carbocycles. The van der Waals surface area contributed by atoms with Crippen molar-refractivity contribution in [1.82, 2.24) is 4.90 Å². The molecule has 2 amide bonds. The third-order valence-electron chi connectivity index (χ3n) is 2.96. The summed E-state index contributed by atoms with van der Waals surface area (Å²) in [5.41, 5.74) is 5.85. The topological polar surface area (TPSA) is 84.7 Å². The van der Waals surface area contributed by atoms with Crippen LogP contribution in [0.25, 0.3) is 0 Å². The van der Waals surface area contributed by atoms with E-state index in [2.05, 4.69) is 5.32 Å². The molecule has 0 bridgehead atoms. The highest BCUT2D eigenvalue weighted by atomic mass is 19.1. The average molecular weight is 281 g/mol. The summed E-state index contributed by atoms with van der Waals surface area (Å²) in [6, 6.07) is 4.01. The Labute approximate surface area is 115 Å². The number of benzene rings is 1. The number of nitrogen functional groups attached to an aromatic ring is 1. The summed E-state index contributed by atoms with van der Waals surface area (Å²) in [7, 11) is 0. The van der Waals surface area contributed by atoms with E-state index in [0.717, 1.165) is 0 Å². The molecule has 108 valence electrons. The highest BCUT2D eigenvalue weighted by Gasteiger charge is 2.21. The van der Waals surface area contributed by atoms with Crippen molar-refractivity contribution in [3.8, 4) is 0 Å². The summed E-state index contributed by atoms with van der Waals surface area (Å²) in [5.74, 6) is -0.723. The van der Waals surface area contributed by atoms with Gasteiger partial charge in [0.1, 0.15) is 12.4 Å². The number of nitrogens with two attached hydrogens (primary N) is 1. The highest BCUT2D eigenvalue weighted by molar-refractivity contribution is 5.91. The van der Waals surface area contributed by atoms with Crippen LogP contribution in [0, 0.1) is 5.82 Å². The summed E-state index contributed by atoms with van der Waals surface area (Å²) in [6.45, 7) is 1.45. The number of amides is 2. The third kappa shape index (κ3) is 3.59. The monoisotopic (exact) mass is 281 g/mol. The van der Waals surface area contributed by atoms with Gasteiger partial charge in [0.25, 0.3) is 0 Å². The Morgan fingerprint density at radius 1 is 1.50 bits per heavy atom. The number of rotatable bonds is 5. The molecule has 0 unspecified atom stereocenters.